The summed E-state index contributed by atoms with van der Waals surface area (Å²) < 4.78 is -0.629. The molecule has 1 fully saturated rings. The van der Waals surface area contributed by atoms with Gasteiger partial charge in [-0.1, -0.05) is 30.3 Å². The zero-order valence-electron chi connectivity index (χ0n) is 13.9. The molecular weight excluding hydrogens is 328 g/mol. The normalized spacial score (nSPS) is 23.5. The van der Waals surface area contributed by atoms with Crippen LogP contribution in [0, 0.1) is 0 Å². The number of carbonyl (C=O) groups is 3. The minimum absolute atomic E-state index is 0.156. The third kappa shape index (κ3) is 3.90. The van der Waals surface area contributed by atoms with E-state index < -0.39 is 22.1 Å². The lowest BCUT2D eigenvalue weighted by Gasteiger charge is -2.28. The van der Waals surface area contributed by atoms with Crippen LogP contribution in [0.15, 0.2) is 30.3 Å². The topological polar surface area (TPSA) is 86.7 Å². The molecule has 6 nitrogen and oxygen atoms in total. The molecule has 0 spiro atoms. The highest BCUT2D eigenvalue weighted by molar-refractivity contribution is 8.01. The summed E-state index contributed by atoms with van der Waals surface area (Å²) in [6, 6.07) is 8.08. The number of benzene rings is 1. The molecule has 1 saturated heterocycles. The standard InChI is InChI=1S/C17H22N2O4S/c1-11(18-13(21)9-12-7-5-4-6-8-12)15-19(10-20)14(16(22)23)17(2,3)24-15/h4-8,10-11,14-15H,9H2,1-3H3,(H,18,21)(H,22,23)/t11?,14-,15?/m0/s1. The molecule has 1 heterocycles. The van der Waals surface area contributed by atoms with Crippen LogP contribution in [0.1, 0.15) is 26.3 Å². The van der Waals surface area contributed by atoms with E-state index in [0.29, 0.717) is 6.41 Å². The number of rotatable bonds is 6. The van der Waals surface area contributed by atoms with Crippen molar-refractivity contribution in [3.8, 4) is 0 Å². The van der Waals surface area contributed by atoms with E-state index in [1.165, 1.54) is 16.7 Å². The van der Waals surface area contributed by atoms with Crippen molar-refractivity contribution < 1.29 is 19.5 Å². The first kappa shape index (κ1) is 18.3. The molecule has 2 unspecified atom stereocenters. The van der Waals surface area contributed by atoms with Gasteiger partial charge in [0.1, 0.15) is 6.04 Å². The fourth-order valence-electron chi connectivity index (χ4n) is 3.01. The van der Waals surface area contributed by atoms with E-state index in [1.807, 2.05) is 30.3 Å². The van der Waals surface area contributed by atoms with E-state index in [-0.39, 0.29) is 18.4 Å². The van der Waals surface area contributed by atoms with E-state index in [9.17, 15) is 19.5 Å². The Morgan fingerprint density at radius 2 is 2.00 bits per heavy atom. The maximum absolute atomic E-state index is 12.2. The summed E-state index contributed by atoms with van der Waals surface area (Å²) in [6.45, 7) is 5.38. The fourth-order valence-corrected chi connectivity index (χ4v) is 4.55. The SMILES string of the molecule is CC(NC(=O)Cc1ccccc1)C1SC(C)(C)[C@H](C(=O)O)N1C=O. The summed E-state index contributed by atoms with van der Waals surface area (Å²) in [6.07, 6.45) is 0.806. The van der Waals surface area contributed by atoms with Gasteiger partial charge in [-0.25, -0.2) is 4.79 Å². The summed E-state index contributed by atoms with van der Waals surface area (Å²) >= 11 is 1.39. The van der Waals surface area contributed by atoms with Crippen molar-refractivity contribution in [3.05, 3.63) is 35.9 Å². The summed E-state index contributed by atoms with van der Waals surface area (Å²) in [5.74, 6) is -1.19. The molecule has 1 aliphatic rings. The molecular formula is C17H22N2O4S. The van der Waals surface area contributed by atoms with Crippen molar-refractivity contribution >= 4 is 30.0 Å². The van der Waals surface area contributed by atoms with Gasteiger partial charge in [-0.3, -0.25) is 9.59 Å². The highest BCUT2D eigenvalue weighted by Gasteiger charge is 2.52. The molecule has 1 aromatic rings. The Morgan fingerprint density at radius 1 is 1.38 bits per heavy atom. The molecule has 1 aliphatic heterocycles. The van der Waals surface area contributed by atoms with Gasteiger partial charge >= 0.3 is 5.97 Å². The van der Waals surface area contributed by atoms with Crippen molar-refractivity contribution in [2.75, 3.05) is 0 Å². The smallest absolute Gasteiger partial charge is 0.327 e. The Kier molecular flexibility index (Phi) is 5.54. The molecule has 0 bridgehead atoms. The summed E-state index contributed by atoms with van der Waals surface area (Å²) in [5, 5.41) is 11.9. The number of carboxylic acid groups (broad SMARTS) is 1. The molecule has 2 amide bonds. The largest absolute Gasteiger partial charge is 0.480 e. The first-order valence-electron chi connectivity index (χ1n) is 7.73. The third-order valence-electron chi connectivity index (χ3n) is 4.05. The molecule has 7 heteroatoms. The van der Waals surface area contributed by atoms with Gasteiger partial charge in [-0.15, -0.1) is 11.8 Å². The number of carboxylic acids is 1. The monoisotopic (exact) mass is 350 g/mol. The summed E-state index contributed by atoms with van der Waals surface area (Å²) in [7, 11) is 0. The van der Waals surface area contributed by atoms with Gasteiger partial charge in [0.2, 0.25) is 12.3 Å². The average molecular weight is 350 g/mol. The van der Waals surface area contributed by atoms with Gasteiger partial charge in [-0.2, -0.15) is 0 Å². The van der Waals surface area contributed by atoms with Crippen LogP contribution < -0.4 is 5.32 Å². The van der Waals surface area contributed by atoms with Crippen LogP contribution in [-0.4, -0.2) is 50.5 Å². The lowest BCUT2D eigenvalue weighted by molar-refractivity contribution is -0.147. The zero-order chi connectivity index (χ0) is 17.9. The Hall–Kier alpha value is -2.02. The molecule has 0 aromatic heterocycles. The van der Waals surface area contributed by atoms with Crippen LogP contribution in [0.25, 0.3) is 0 Å². The van der Waals surface area contributed by atoms with Crippen LogP contribution in [0.4, 0.5) is 0 Å². The van der Waals surface area contributed by atoms with Gasteiger partial charge in [0.25, 0.3) is 0 Å². The van der Waals surface area contributed by atoms with E-state index >= 15 is 0 Å². The number of hydrogen-bond donors (Lipinski definition) is 2. The lowest BCUT2D eigenvalue weighted by atomic mass is 10.0. The van der Waals surface area contributed by atoms with Crippen molar-refractivity contribution in [2.24, 2.45) is 0 Å². The van der Waals surface area contributed by atoms with Crippen molar-refractivity contribution in [1.82, 2.24) is 10.2 Å². The predicted molar refractivity (Wildman–Crippen MR) is 92.5 cm³/mol. The highest BCUT2D eigenvalue weighted by atomic mass is 32.2. The third-order valence-corrected chi connectivity index (χ3v) is 5.78. The molecule has 3 atom stereocenters. The van der Waals surface area contributed by atoms with Gasteiger partial charge < -0.3 is 15.3 Å². The molecule has 2 rings (SSSR count). The van der Waals surface area contributed by atoms with Crippen LogP contribution >= 0.6 is 11.8 Å². The number of nitrogens with one attached hydrogen (secondary N) is 1. The van der Waals surface area contributed by atoms with Crippen LogP contribution in [0.3, 0.4) is 0 Å². The van der Waals surface area contributed by atoms with Crippen molar-refractivity contribution in [1.29, 1.82) is 0 Å². The summed E-state index contributed by atoms with van der Waals surface area (Å²) in [4.78, 5) is 36.5. The van der Waals surface area contributed by atoms with E-state index in [2.05, 4.69) is 5.32 Å². The Labute approximate surface area is 145 Å². The minimum Gasteiger partial charge on any atom is -0.480 e. The second-order valence-electron chi connectivity index (χ2n) is 6.42. The second kappa shape index (κ2) is 7.25. The number of carbonyl (C=O) groups excluding carboxylic acids is 2. The maximum Gasteiger partial charge on any atom is 0.327 e. The number of nitrogens with zero attached hydrogens (tertiary/aromatic N) is 1. The molecule has 24 heavy (non-hydrogen) atoms. The van der Waals surface area contributed by atoms with Gasteiger partial charge in [-0.05, 0) is 26.3 Å². The lowest BCUT2D eigenvalue weighted by Crippen LogP contribution is -2.51. The fraction of sp³-hybridized carbons (Fsp3) is 0.471. The minimum atomic E-state index is -1.04. The Morgan fingerprint density at radius 3 is 2.54 bits per heavy atom. The molecule has 0 aliphatic carbocycles. The molecule has 1 aromatic carbocycles. The average Bonchev–Trinajstić information content (AvgIpc) is 2.79. The van der Waals surface area contributed by atoms with Crippen molar-refractivity contribution in [3.63, 3.8) is 0 Å². The zero-order valence-corrected chi connectivity index (χ0v) is 14.7. The van der Waals surface area contributed by atoms with Crippen LogP contribution in [0.2, 0.25) is 0 Å². The van der Waals surface area contributed by atoms with Crippen LogP contribution in [-0.2, 0) is 20.8 Å². The summed E-state index contributed by atoms with van der Waals surface area (Å²) in [5.41, 5.74) is 0.900. The quantitative estimate of drug-likeness (QED) is 0.759. The second-order valence-corrected chi connectivity index (χ2v) is 8.19. The van der Waals surface area contributed by atoms with E-state index in [0.717, 1.165) is 5.56 Å². The number of aliphatic carboxylic acids is 1. The first-order valence-corrected chi connectivity index (χ1v) is 8.61. The van der Waals surface area contributed by atoms with Crippen molar-refractivity contribution in [2.45, 2.75) is 49.4 Å². The molecule has 130 valence electrons. The van der Waals surface area contributed by atoms with E-state index in [4.69, 9.17) is 0 Å². The van der Waals surface area contributed by atoms with Crippen LogP contribution in [0.5, 0.6) is 0 Å². The number of thioether (sulfide) groups is 1. The first-order chi connectivity index (χ1) is 11.3. The molecule has 0 saturated carbocycles. The number of amides is 2. The van der Waals surface area contributed by atoms with Gasteiger partial charge in [0, 0.05) is 4.75 Å². The number of hydrogen-bond acceptors (Lipinski definition) is 4. The Balaban J connectivity index is 2.06. The predicted octanol–water partition coefficient (Wildman–Crippen LogP) is 1.50. The highest BCUT2D eigenvalue weighted by Crippen LogP contribution is 2.44. The van der Waals surface area contributed by atoms with Gasteiger partial charge in [0.15, 0.2) is 0 Å². The van der Waals surface area contributed by atoms with E-state index in [1.54, 1.807) is 20.8 Å². The maximum atomic E-state index is 12.2. The van der Waals surface area contributed by atoms with Gasteiger partial charge in [0.05, 0.1) is 17.8 Å². The Bertz CT molecular complexity index is 620. The molecule has 2 N–H and O–H groups in total. The molecule has 0 radical (unpaired) electrons.